The van der Waals surface area contributed by atoms with Crippen LogP contribution >= 0.6 is 0 Å². The molecule has 0 unspecified atom stereocenters. The summed E-state index contributed by atoms with van der Waals surface area (Å²) >= 11 is 0. The summed E-state index contributed by atoms with van der Waals surface area (Å²) in [5.41, 5.74) is 1.14. The Morgan fingerprint density at radius 1 is 1.70 bits per heavy atom. The average molecular weight is 138 g/mol. The first kappa shape index (κ1) is 9.11. The zero-order valence-electron chi connectivity index (χ0n) is 6.59. The van der Waals surface area contributed by atoms with E-state index in [0.717, 1.165) is 12.1 Å². The monoisotopic (exact) mass is 138 g/mol. The van der Waals surface area contributed by atoms with Crippen LogP contribution in [0, 0.1) is 0 Å². The van der Waals surface area contributed by atoms with Crippen LogP contribution in [0.3, 0.4) is 0 Å². The van der Waals surface area contributed by atoms with E-state index in [0.29, 0.717) is 0 Å². The molecule has 0 heterocycles. The van der Waals surface area contributed by atoms with E-state index in [1.54, 1.807) is 6.20 Å². The zero-order valence-corrected chi connectivity index (χ0v) is 6.59. The molecule has 10 heavy (non-hydrogen) atoms. The first-order chi connectivity index (χ1) is 4.85. The molecule has 0 saturated carbocycles. The van der Waals surface area contributed by atoms with Crippen molar-refractivity contribution in [1.82, 2.24) is 5.32 Å². The van der Waals surface area contributed by atoms with E-state index in [-0.39, 0.29) is 0 Å². The van der Waals surface area contributed by atoms with E-state index in [2.05, 4.69) is 17.0 Å². The Labute approximate surface area is 62.4 Å². The number of likely N-dealkylation sites (N-methyl/N-ethyl adjacent to an activating group) is 1. The number of rotatable bonds is 4. The fraction of sp³-hybridized carbons (Fsp3) is 0.375. The maximum Gasteiger partial charge on any atom is 0.0305 e. The van der Waals surface area contributed by atoms with Crippen LogP contribution in [-0.2, 0) is 0 Å². The first-order valence-electron chi connectivity index (χ1n) is 3.27. The molecule has 0 bridgehead atoms. The summed E-state index contributed by atoms with van der Waals surface area (Å²) < 4.78 is 0. The van der Waals surface area contributed by atoms with Crippen LogP contribution in [0.4, 0.5) is 0 Å². The predicted octanol–water partition coefficient (Wildman–Crippen LogP) is 1.37. The minimum atomic E-state index is 0.837. The third-order valence-electron chi connectivity index (χ3n) is 1.02. The molecule has 2 heteroatoms. The average Bonchev–Trinajstić information content (AvgIpc) is 1.90. The Bertz CT molecular complexity index is 145. The fourth-order valence-electron chi connectivity index (χ4n) is 0.683. The smallest absolute Gasteiger partial charge is 0.0305 e. The van der Waals surface area contributed by atoms with E-state index in [9.17, 15) is 0 Å². The number of nitrogens with zero attached hydrogens (tertiary/aromatic N) is 1. The second kappa shape index (κ2) is 6.23. The van der Waals surface area contributed by atoms with Gasteiger partial charge in [0.2, 0.25) is 0 Å². The highest BCUT2D eigenvalue weighted by Gasteiger charge is 1.85. The van der Waals surface area contributed by atoms with E-state index in [4.69, 9.17) is 0 Å². The Kier molecular flexibility index (Phi) is 5.68. The molecule has 0 amide bonds. The van der Waals surface area contributed by atoms with Crippen LogP contribution in [0.25, 0.3) is 0 Å². The molecule has 1 N–H and O–H groups in total. The molecule has 0 aromatic rings. The lowest BCUT2D eigenvalue weighted by Crippen LogP contribution is -2.08. The molecule has 0 radical (unpaired) electrons. The summed E-state index contributed by atoms with van der Waals surface area (Å²) in [6.45, 7) is 6.19. The van der Waals surface area contributed by atoms with Crippen molar-refractivity contribution in [3.8, 4) is 0 Å². The van der Waals surface area contributed by atoms with Gasteiger partial charge in [0.25, 0.3) is 0 Å². The SMILES string of the molecule is C=N/C=C(\C=C/C)CNC. The van der Waals surface area contributed by atoms with Crippen molar-refractivity contribution in [2.75, 3.05) is 13.6 Å². The van der Waals surface area contributed by atoms with Gasteiger partial charge in [0.05, 0.1) is 0 Å². The Morgan fingerprint density at radius 2 is 2.40 bits per heavy atom. The van der Waals surface area contributed by atoms with Crippen molar-refractivity contribution in [3.63, 3.8) is 0 Å². The quantitative estimate of drug-likeness (QED) is 0.460. The number of hydrogen-bond acceptors (Lipinski definition) is 2. The summed E-state index contributed by atoms with van der Waals surface area (Å²) in [5.74, 6) is 0. The minimum absolute atomic E-state index is 0.837. The van der Waals surface area contributed by atoms with Crippen molar-refractivity contribution < 1.29 is 0 Å². The summed E-state index contributed by atoms with van der Waals surface area (Å²) in [6.07, 6.45) is 5.73. The molecule has 0 aliphatic carbocycles. The van der Waals surface area contributed by atoms with Gasteiger partial charge < -0.3 is 5.32 Å². The second-order valence-electron chi connectivity index (χ2n) is 1.92. The van der Waals surface area contributed by atoms with E-state index in [1.807, 2.05) is 26.1 Å². The highest BCUT2D eigenvalue weighted by atomic mass is 14.8. The van der Waals surface area contributed by atoms with Crippen LogP contribution < -0.4 is 5.32 Å². The van der Waals surface area contributed by atoms with Crippen molar-refractivity contribution in [2.45, 2.75) is 6.92 Å². The standard InChI is InChI=1S/C8H14N2/c1-4-5-8(6-9-2)7-10-3/h4-6,10H,2,7H2,1,3H3/b5-4-,8-6+. The topological polar surface area (TPSA) is 24.4 Å². The normalized spacial score (nSPS) is 12.4. The second-order valence-corrected chi connectivity index (χ2v) is 1.92. The van der Waals surface area contributed by atoms with Crippen LogP contribution in [0.15, 0.2) is 28.9 Å². The zero-order chi connectivity index (χ0) is 7.82. The van der Waals surface area contributed by atoms with Crippen LogP contribution in [-0.4, -0.2) is 20.3 Å². The van der Waals surface area contributed by atoms with Gasteiger partial charge in [-0.25, -0.2) is 0 Å². The summed E-state index contributed by atoms with van der Waals surface area (Å²) in [5, 5.41) is 3.03. The Hall–Kier alpha value is -0.890. The highest BCUT2D eigenvalue weighted by Crippen LogP contribution is 1.94. The number of aliphatic imine (C=N–C) groups is 1. The maximum absolute atomic E-state index is 3.67. The van der Waals surface area contributed by atoms with Gasteiger partial charge in [0, 0.05) is 12.7 Å². The maximum atomic E-state index is 3.67. The number of nitrogens with one attached hydrogen (secondary N) is 1. The molecule has 0 aromatic heterocycles. The lowest BCUT2D eigenvalue weighted by molar-refractivity contribution is 0.893. The van der Waals surface area contributed by atoms with Gasteiger partial charge in [-0.15, -0.1) is 0 Å². The number of allylic oxidation sites excluding steroid dienone is 1. The predicted molar refractivity (Wildman–Crippen MR) is 46.4 cm³/mol. The van der Waals surface area contributed by atoms with Crippen molar-refractivity contribution in [1.29, 1.82) is 0 Å². The van der Waals surface area contributed by atoms with Gasteiger partial charge in [0.15, 0.2) is 0 Å². The Balaban J connectivity index is 3.96. The van der Waals surface area contributed by atoms with Gasteiger partial charge in [-0.1, -0.05) is 12.2 Å². The van der Waals surface area contributed by atoms with Crippen molar-refractivity contribution in [2.24, 2.45) is 4.99 Å². The van der Waals surface area contributed by atoms with E-state index < -0.39 is 0 Å². The van der Waals surface area contributed by atoms with Crippen LogP contribution in [0.5, 0.6) is 0 Å². The van der Waals surface area contributed by atoms with Gasteiger partial charge in [0.1, 0.15) is 0 Å². The van der Waals surface area contributed by atoms with Crippen molar-refractivity contribution in [3.05, 3.63) is 23.9 Å². The van der Waals surface area contributed by atoms with Crippen LogP contribution in [0.1, 0.15) is 6.92 Å². The summed E-state index contributed by atoms with van der Waals surface area (Å²) in [4.78, 5) is 3.67. The van der Waals surface area contributed by atoms with Gasteiger partial charge in [-0.05, 0) is 26.3 Å². The molecule has 0 aromatic carbocycles. The summed E-state index contributed by atoms with van der Waals surface area (Å²) in [6, 6.07) is 0. The van der Waals surface area contributed by atoms with Gasteiger partial charge in [-0.2, -0.15) is 0 Å². The molecule has 0 aliphatic rings. The molecule has 0 saturated heterocycles. The lowest BCUT2D eigenvalue weighted by Gasteiger charge is -1.96. The Morgan fingerprint density at radius 3 is 2.80 bits per heavy atom. The van der Waals surface area contributed by atoms with Gasteiger partial charge >= 0.3 is 0 Å². The molecule has 0 fully saturated rings. The van der Waals surface area contributed by atoms with E-state index in [1.165, 1.54) is 0 Å². The minimum Gasteiger partial charge on any atom is -0.316 e. The molecule has 0 spiro atoms. The largest absolute Gasteiger partial charge is 0.316 e. The third-order valence-corrected chi connectivity index (χ3v) is 1.02. The molecule has 56 valence electrons. The molecule has 2 nitrogen and oxygen atoms in total. The molecular formula is C8H14N2. The number of hydrogen-bond donors (Lipinski definition) is 1. The molecular weight excluding hydrogens is 124 g/mol. The van der Waals surface area contributed by atoms with Crippen LogP contribution in [0.2, 0.25) is 0 Å². The molecule has 0 aliphatic heterocycles. The first-order valence-corrected chi connectivity index (χ1v) is 3.27. The highest BCUT2D eigenvalue weighted by molar-refractivity contribution is 5.29. The molecule has 0 rings (SSSR count). The fourth-order valence-corrected chi connectivity index (χ4v) is 0.683. The van der Waals surface area contributed by atoms with E-state index >= 15 is 0 Å². The van der Waals surface area contributed by atoms with Crippen molar-refractivity contribution >= 4 is 6.72 Å². The summed E-state index contributed by atoms with van der Waals surface area (Å²) in [7, 11) is 1.90. The third kappa shape index (κ3) is 4.04. The van der Waals surface area contributed by atoms with Gasteiger partial charge in [-0.3, -0.25) is 4.99 Å². The lowest BCUT2D eigenvalue weighted by atomic mass is 10.2. The molecule has 0 atom stereocenters.